The smallest absolute Gasteiger partial charge is 0.153 e. The zero-order valence-electron chi connectivity index (χ0n) is 16.6. The van der Waals surface area contributed by atoms with Gasteiger partial charge in [0.1, 0.15) is 5.69 Å². The summed E-state index contributed by atoms with van der Waals surface area (Å²) >= 11 is 4.41. The molecule has 2 aliphatic carbocycles. The van der Waals surface area contributed by atoms with Gasteiger partial charge in [-0.3, -0.25) is 0 Å². The second kappa shape index (κ2) is 9.47. The lowest BCUT2D eigenvalue weighted by Crippen LogP contribution is -2.12. The maximum atomic E-state index is 13.9. The average molecular weight is 419 g/mol. The van der Waals surface area contributed by atoms with Gasteiger partial charge in [-0.25, -0.2) is 8.78 Å². The van der Waals surface area contributed by atoms with E-state index in [1.807, 2.05) is 17.3 Å². The van der Waals surface area contributed by atoms with E-state index in [1.54, 1.807) is 0 Å². The molecule has 0 spiro atoms. The van der Waals surface area contributed by atoms with Crippen molar-refractivity contribution in [2.45, 2.75) is 38.5 Å². The number of nitrogens with zero attached hydrogens (tertiary/aromatic N) is 1. The Morgan fingerprint density at radius 3 is 1.97 bits per heavy atom. The van der Waals surface area contributed by atoms with Gasteiger partial charge in [-0.1, -0.05) is 36.1 Å². The van der Waals surface area contributed by atoms with Gasteiger partial charge in [0.05, 0.1) is 5.16 Å². The summed E-state index contributed by atoms with van der Waals surface area (Å²) in [6.45, 7) is 0. The first-order valence-electron chi connectivity index (χ1n) is 10.3. The van der Waals surface area contributed by atoms with Crippen LogP contribution in [0.15, 0.2) is 53.5 Å². The van der Waals surface area contributed by atoms with Crippen LogP contribution in [-0.2, 0) is 0 Å². The zero-order chi connectivity index (χ0) is 20.9. The van der Waals surface area contributed by atoms with Crippen molar-refractivity contribution in [1.29, 1.82) is 0 Å². The second-order valence-electron chi connectivity index (χ2n) is 7.98. The van der Waals surface area contributed by atoms with Crippen molar-refractivity contribution >= 4 is 23.1 Å². The molecule has 2 aromatic rings. The number of isothiocyanates is 1. The molecule has 0 atom stereocenters. The van der Waals surface area contributed by atoms with Gasteiger partial charge in [0.15, 0.2) is 11.6 Å². The van der Waals surface area contributed by atoms with Gasteiger partial charge in [-0.05, 0) is 92.4 Å². The van der Waals surface area contributed by atoms with E-state index in [4.69, 9.17) is 0 Å². The monoisotopic (exact) mass is 418 g/mol. The van der Waals surface area contributed by atoms with Crippen LogP contribution < -0.4 is 0 Å². The Morgan fingerprint density at radius 1 is 0.833 bits per heavy atom. The van der Waals surface area contributed by atoms with Gasteiger partial charge < -0.3 is 0 Å². The number of thiocarbonyl (C=S) groups is 1. The number of aliphatic imine (C=N–C) groups is 1. The Labute approximate surface area is 181 Å². The number of halogens is 2. The molecule has 2 aliphatic rings. The summed E-state index contributed by atoms with van der Waals surface area (Å²) in [5.74, 6) is 7.26. The van der Waals surface area contributed by atoms with Gasteiger partial charge in [0, 0.05) is 17.0 Å². The van der Waals surface area contributed by atoms with E-state index in [2.05, 4.69) is 53.3 Å². The lowest BCUT2D eigenvalue weighted by molar-refractivity contribution is 0.454. The van der Waals surface area contributed by atoms with Crippen molar-refractivity contribution in [2.75, 3.05) is 0 Å². The van der Waals surface area contributed by atoms with E-state index >= 15 is 0 Å². The fourth-order valence-electron chi connectivity index (χ4n) is 3.80. The normalized spacial score (nSPS) is 17.4. The Bertz CT molecular complexity index is 1020. The van der Waals surface area contributed by atoms with E-state index in [0.29, 0.717) is 0 Å². The number of hydrogen-bond donors (Lipinski definition) is 0. The third kappa shape index (κ3) is 5.30. The summed E-state index contributed by atoms with van der Waals surface area (Å²) in [5, 5.41) is 1.98. The molecule has 0 bridgehead atoms. The molecule has 2 fully saturated rings. The molecule has 0 N–H and O–H groups in total. The van der Waals surface area contributed by atoms with Crippen LogP contribution in [-0.4, -0.2) is 5.16 Å². The van der Waals surface area contributed by atoms with Crippen LogP contribution in [0.25, 0.3) is 0 Å². The average Bonchev–Trinajstić information content (AvgIpc) is 3.59. The highest BCUT2D eigenvalue weighted by Crippen LogP contribution is 2.37. The van der Waals surface area contributed by atoms with Crippen molar-refractivity contribution in [3.63, 3.8) is 0 Å². The highest BCUT2D eigenvalue weighted by molar-refractivity contribution is 7.78. The van der Waals surface area contributed by atoms with Gasteiger partial charge in [-0.2, -0.15) is 4.99 Å². The first kappa shape index (κ1) is 20.7. The van der Waals surface area contributed by atoms with Crippen molar-refractivity contribution in [2.24, 2.45) is 16.8 Å². The zero-order valence-corrected chi connectivity index (χ0v) is 17.4. The fourth-order valence-corrected chi connectivity index (χ4v) is 3.89. The molecule has 0 aromatic heterocycles. The molecule has 1 radical (unpaired) electrons. The summed E-state index contributed by atoms with van der Waals surface area (Å²) in [5.41, 5.74) is 1.89. The minimum Gasteiger partial charge on any atom is -0.204 e. The minimum atomic E-state index is -0.800. The molecule has 4 rings (SSSR count). The summed E-state index contributed by atoms with van der Waals surface area (Å²) in [7, 11) is 0. The fraction of sp³-hybridized carbons (Fsp3) is 0.308. The maximum Gasteiger partial charge on any atom is 0.153 e. The number of hydrogen-bond acceptors (Lipinski definition) is 2. The quantitative estimate of drug-likeness (QED) is 0.222. The predicted molar refractivity (Wildman–Crippen MR) is 120 cm³/mol. The largest absolute Gasteiger partial charge is 0.204 e. The van der Waals surface area contributed by atoms with Gasteiger partial charge >= 0.3 is 0 Å². The molecule has 0 heterocycles. The molecule has 0 aliphatic heterocycles. The summed E-state index contributed by atoms with van der Waals surface area (Å²) in [6, 6.07) is 10.4. The minimum absolute atomic E-state index is 0.254. The summed E-state index contributed by atoms with van der Waals surface area (Å²) < 4.78 is 27.8. The highest BCUT2D eigenvalue weighted by Gasteiger charge is 2.23. The van der Waals surface area contributed by atoms with Crippen LogP contribution in [0.1, 0.15) is 55.2 Å². The van der Waals surface area contributed by atoms with Gasteiger partial charge in [0.25, 0.3) is 0 Å². The second-order valence-corrected chi connectivity index (χ2v) is 8.16. The molecule has 0 unspecified atom stereocenters. The van der Waals surface area contributed by atoms with Crippen molar-refractivity contribution in [3.05, 3.63) is 82.8 Å². The standard InChI is InChI=1S/C26H22F2NS/c27-24-15-21(16-25(28)26(24)29-17-30)6-5-20-9-13-23(14-10-20)22-11-7-19(8-12-22)4-3-18-1-2-18/h3-4,9-10,13-16,18-19H,1-2,7-8,11-12H2/b4-3+. The molecule has 1 nitrogen and oxygen atoms in total. The SMILES string of the molecule is Fc1cc(C#Cc2ccc([C]3CCC(/C=C/C4CC4)CC3)cc2)cc(F)c1N=C=S. The van der Waals surface area contributed by atoms with Crippen LogP contribution in [0.2, 0.25) is 0 Å². The van der Waals surface area contributed by atoms with E-state index in [0.717, 1.165) is 42.4 Å². The van der Waals surface area contributed by atoms with E-state index < -0.39 is 17.3 Å². The van der Waals surface area contributed by atoms with E-state index in [1.165, 1.54) is 37.2 Å². The Balaban J connectivity index is 1.38. The third-order valence-electron chi connectivity index (χ3n) is 5.73. The van der Waals surface area contributed by atoms with E-state index in [9.17, 15) is 8.78 Å². The van der Waals surface area contributed by atoms with Gasteiger partial charge in [-0.15, -0.1) is 0 Å². The van der Waals surface area contributed by atoms with Crippen molar-refractivity contribution < 1.29 is 8.78 Å². The lowest BCUT2D eigenvalue weighted by Gasteiger charge is -2.26. The maximum absolute atomic E-state index is 13.9. The molecule has 30 heavy (non-hydrogen) atoms. The molecule has 2 aromatic carbocycles. The Hall–Kier alpha value is -2.60. The van der Waals surface area contributed by atoms with Crippen LogP contribution in [0.5, 0.6) is 0 Å². The third-order valence-corrected chi connectivity index (χ3v) is 5.82. The molecule has 4 heteroatoms. The molecule has 0 amide bonds. The highest BCUT2D eigenvalue weighted by atomic mass is 32.1. The van der Waals surface area contributed by atoms with Crippen LogP contribution >= 0.6 is 12.2 Å². The van der Waals surface area contributed by atoms with Crippen LogP contribution in [0.4, 0.5) is 14.5 Å². The van der Waals surface area contributed by atoms with Crippen LogP contribution in [0.3, 0.4) is 0 Å². The van der Waals surface area contributed by atoms with Crippen molar-refractivity contribution in [3.8, 4) is 11.8 Å². The first-order chi connectivity index (χ1) is 14.6. The van der Waals surface area contributed by atoms with Crippen molar-refractivity contribution in [1.82, 2.24) is 0 Å². The van der Waals surface area contributed by atoms with Gasteiger partial charge in [0.2, 0.25) is 0 Å². The molecular weight excluding hydrogens is 396 g/mol. The Morgan fingerprint density at radius 2 is 1.40 bits per heavy atom. The van der Waals surface area contributed by atoms with Crippen LogP contribution in [0, 0.1) is 41.2 Å². The molecule has 151 valence electrons. The summed E-state index contributed by atoms with van der Waals surface area (Å²) in [4.78, 5) is 3.41. The number of rotatable bonds is 4. The number of allylic oxidation sites excluding steroid dienone is 2. The summed E-state index contributed by atoms with van der Waals surface area (Å²) in [6.07, 6.45) is 12.3. The predicted octanol–water partition coefficient (Wildman–Crippen LogP) is 7.18. The first-order valence-corrected chi connectivity index (χ1v) is 10.8. The Kier molecular flexibility index (Phi) is 6.53. The number of benzene rings is 2. The molecule has 0 saturated heterocycles. The topological polar surface area (TPSA) is 12.4 Å². The lowest BCUT2D eigenvalue weighted by atomic mass is 9.78. The molecular formula is C26H22F2NS. The molecule has 2 saturated carbocycles. The van der Waals surface area contributed by atoms with E-state index in [-0.39, 0.29) is 5.56 Å².